The molecule has 26 heavy (non-hydrogen) atoms. The third kappa shape index (κ3) is 3.30. The van der Waals surface area contributed by atoms with Crippen LogP contribution < -0.4 is 10.9 Å². The van der Waals surface area contributed by atoms with Gasteiger partial charge in [-0.15, -0.1) is 0 Å². The van der Waals surface area contributed by atoms with Crippen LogP contribution in [0.2, 0.25) is 0 Å². The Morgan fingerprint density at radius 1 is 1.42 bits per heavy atom. The van der Waals surface area contributed by atoms with Gasteiger partial charge in [0, 0.05) is 13.5 Å². The Kier molecular flexibility index (Phi) is 4.99. The molecule has 1 saturated carbocycles. The summed E-state index contributed by atoms with van der Waals surface area (Å²) in [6.45, 7) is 5.47. The third-order valence-corrected chi connectivity index (χ3v) is 4.53. The molecule has 7 nitrogen and oxygen atoms in total. The number of ether oxygens (including phenoxy) is 1. The number of nitrogens with zero attached hydrogens (tertiary/aromatic N) is 2. The largest absolute Gasteiger partial charge is 0.375 e. The van der Waals surface area contributed by atoms with Crippen molar-refractivity contribution in [1.82, 2.24) is 9.55 Å². The molecular weight excluding hydrogens is 334 g/mol. The van der Waals surface area contributed by atoms with Gasteiger partial charge in [-0.3, -0.25) is 19.0 Å². The molecule has 1 aliphatic rings. The Hall–Kier alpha value is -2.80. The standard InChI is InChI=1S/C19H21N3O4/c1-11-7-8-15(16(23)9-11)22-12(2)20-13-5-4-6-14(18(13)19(22)25)21-17(24)10-26-3/h4-6,15H,1,7-10H2,2-3H3,(H,21,24). The minimum absolute atomic E-state index is 0.0338. The van der Waals surface area contributed by atoms with Crippen LogP contribution in [0.25, 0.3) is 10.9 Å². The number of benzene rings is 1. The van der Waals surface area contributed by atoms with Gasteiger partial charge in [-0.2, -0.15) is 0 Å². The van der Waals surface area contributed by atoms with Crippen LogP contribution in [0, 0.1) is 6.92 Å². The molecule has 7 heteroatoms. The van der Waals surface area contributed by atoms with Gasteiger partial charge < -0.3 is 10.1 Å². The summed E-state index contributed by atoms with van der Waals surface area (Å²) in [6, 6.07) is 4.53. The van der Waals surface area contributed by atoms with E-state index in [2.05, 4.69) is 16.9 Å². The highest BCUT2D eigenvalue weighted by Gasteiger charge is 2.28. The van der Waals surface area contributed by atoms with Gasteiger partial charge in [0.25, 0.3) is 5.56 Å². The number of aryl methyl sites for hydroxylation is 1. The summed E-state index contributed by atoms with van der Waals surface area (Å²) >= 11 is 0. The van der Waals surface area contributed by atoms with Crippen molar-refractivity contribution in [3.8, 4) is 0 Å². The fourth-order valence-electron chi connectivity index (χ4n) is 3.37. The minimum atomic E-state index is -0.548. The van der Waals surface area contributed by atoms with Crippen molar-refractivity contribution in [2.75, 3.05) is 19.0 Å². The number of hydrogen-bond acceptors (Lipinski definition) is 5. The fraction of sp³-hybridized carbons (Fsp3) is 0.368. The maximum absolute atomic E-state index is 13.2. The number of methoxy groups -OCH3 is 1. The first-order valence-electron chi connectivity index (χ1n) is 8.42. The molecule has 1 amide bonds. The number of Topliss-reactive ketones (excluding diaryl/α,β-unsaturated/α-hetero) is 1. The molecule has 0 spiro atoms. The van der Waals surface area contributed by atoms with Crippen LogP contribution in [-0.2, 0) is 14.3 Å². The molecular formula is C19H21N3O4. The van der Waals surface area contributed by atoms with E-state index in [4.69, 9.17) is 4.74 Å². The normalized spacial score (nSPS) is 17.5. The topological polar surface area (TPSA) is 90.3 Å². The van der Waals surface area contributed by atoms with E-state index in [9.17, 15) is 14.4 Å². The number of hydrogen-bond donors (Lipinski definition) is 1. The van der Waals surface area contributed by atoms with Gasteiger partial charge in [0.15, 0.2) is 5.78 Å². The number of amides is 1. The quantitative estimate of drug-likeness (QED) is 0.849. The molecule has 2 aromatic rings. The van der Waals surface area contributed by atoms with Gasteiger partial charge in [-0.05, 0) is 31.9 Å². The van der Waals surface area contributed by atoms with Gasteiger partial charge >= 0.3 is 0 Å². The minimum Gasteiger partial charge on any atom is -0.375 e. The van der Waals surface area contributed by atoms with Gasteiger partial charge in [0.2, 0.25) is 5.91 Å². The predicted molar refractivity (Wildman–Crippen MR) is 98.3 cm³/mol. The molecule has 1 fully saturated rings. The number of carbonyl (C=O) groups is 2. The number of rotatable bonds is 4. The Morgan fingerprint density at radius 2 is 2.19 bits per heavy atom. The van der Waals surface area contributed by atoms with Gasteiger partial charge in [0.1, 0.15) is 12.4 Å². The van der Waals surface area contributed by atoms with E-state index in [0.29, 0.717) is 35.3 Å². The number of allylic oxidation sites excluding steroid dienone is 1. The molecule has 1 aromatic carbocycles. The molecule has 1 unspecified atom stereocenters. The van der Waals surface area contributed by atoms with E-state index in [1.807, 2.05) is 0 Å². The molecule has 0 aliphatic heterocycles. The summed E-state index contributed by atoms with van der Waals surface area (Å²) in [5, 5.41) is 2.97. The van der Waals surface area contributed by atoms with E-state index < -0.39 is 6.04 Å². The zero-order valence-electron chi connectivity index (χ0n) is 14.9. The van der Waals surface area contributed by atoms with Crippen LogP contribution >= 0.6 is 0 Å². The first-order valence-corrected chi connectivity index (χ1v) is 8.42. The molecule has 1 N–H and O–H groups in total. The highest BCUT2D eigenvalue weighted by atomic mass is 16.5. The van der Waals surface area contributed by atoms with Gasteiger partial charge in [-0.25, -0.2) is 4.98 Å². The maximum atomic E-state index is 13.2. The molecule has 136 valence electrons. The number of fused-ring (bicyclic) bond motifs is 1. The Balaban J connectivity index is 2.14. The summed E-state index contributed by atoms with van der Waals surface area (Å²) in [6.07, 6.45) is 1.51. The average Bonchev–Trinajstić information content (AvgIpc) is 2.56. The fourth-order valence-corrected chi connectivity index (χ4v) is 3.37. The summed E-state index contributed by atoms with van der Waals surface area (Å²) in [7, 11) is 1.42. The molecule has 1 heterocycles. The van der Waals surface area contributed by atoms with Gasteiger partial charge in [0.05, 0.1) is 22.6 Å². The van der Waals surface area contributed by atoms with E-state index >= 15 is 0 Å². The van der Waals surface area contributed by atoms with Crippen molar-refractivity contribution in [1.29, 1.82) is 0 Å². The monoisotopic (exact) mass is 355 g/mol. The highest BCUT2D eigenvalue weighted by molar-refractivity contribution is 6.01. The summed E-state index contributed by atoms with van der Waals surface area (Å²) < 4.78 is 6.26. The van der Waals surface area contributed by atoms with Crippen molar-refractivity contribution in [2.24, 2.45) is 0 Å². The average molecular weight is 355 g/mol. The van der Waals surface area contributed by atoms with Crippen LogP contribution in [0.3, 0.4) is 0 Å². The van der Waals surface area contributed by atoms with E-state index in [0.717, 1.165) is 5.57 Å². The van der Waals surface area contributed by atoms with E-state index in [1.54, 1.807) is 25.1 Å². The molecule has 1 atom stereocenters. The zero-order chi connectivity index (χ0) is 18.8. The van der Waals surface area contributed by atoms with Gasteiger partial charge in [-0.1, -0.05) is 18.2 Å². The van der Waals surface area contributed by atoms with E-state index in [1.165, 1.54) is 11.7 Å². The van der Waals surface area contributed by atoms with E-state index in [-0.39, 0.29) is 30.3 Å². The Labute approximate surface area is 150 Å². The van der Waals surface area contributed by atoms with Crippen LogP contribution in [0.15, 0.2) is 35.1 Å². The maximum Gasteiger partial charge on any atom is 0.264 e. The first kappa shape index (κ1) is 18.0. The molecule has 0 radical (unpaired) electrons. The Bertz CT molecular complexity index is 961. The summed E-state index contributed by atoms with van der Waals surface area (Å²) in [5.41, 5.74) is 1.40. The number of aromatic nitrogens is 2. The molecule has 1 aromatic heterocycles. The number of anilines is 1. The number of carbonyl (C=O) groups excluding carboxylic acids is 2. The van der Waals surface area contributed by atoms with Crippen LogP contribution in [0.4, 0.5) is 5.69 Å². The summed E-state index contributed by atoms with van der Waals surface area (Å²) in [4.78, 5) is 42.0. The zero-order valence-corrected chi connectivity index (χ0v) is 14.9. The molecule has 0 saturated heterocycles. The van der Waals surface area contributed by atoms with Crippen molar-refractivity contribution in [3.05, 3.63) is 46.5 Å². The smallest absolute Gasteiger partial charge is 0.264 e. The molecule has 0 bridgehead atoms. The SMILES string of the molecule is C=C1CCC(n2c(C)nc3cccc(NC(=O)COC)c3c2=O)C(=O)C1. The summed E-state index contributed by atoms with van der Waals surface area (Å²) in [5.74, 6) is 0.0822. The lowest BCUT2D eigenvalue weighted by atomic mass is 9.90. The van der Waals surface area contributed by atoms with Crippen molar-refractivity contribution in [2.45, 2.75) is 32.2 Å². The molecule has 1 aliphatic carbocycles. The third-order valence-electron chi connectivity index (χ3n) is 4.53. The highest BCUT2D eigenvalue weighted by Crippen LogP contribution is 2.29. The van der Waals surface area contributed by atoms with Crippen LogP contribution in [0.1, 0.15) is 31.1 Å². The lowest BCUT2D eigenvalue weighted by molar-refractivity contribution is -0.122. The second kappa shape index (κ2) is 7.21. The second-order valence-electron chi connectivity index (χ2n) is 6.46. The van der Waals surface area contributed by atoms with Crippen LogP contribution in [-0.4, -0.2) is 35.0 Å². The van der Waals surface area contributed by atoms with Crippen molar-refractivity contribution in [3.63, 3.8) is 0 Å². The van der Waals surface area contributed by atoms with Crippen molar-refractivity contribution < 1.29 is 14.3 Å². The number of ketones is 1. The first-order chi connectivity index (χ1) is 12.4. The predicted octanol–water partition coefficient (Wildman–Crippen LogP) is 2.14. The Morgan fingerprint density at radius 3 is 2.88 bits per heavy atom. The second-order valence-corrected chi connectivity index (χ2v) is 6.46. The van der Waals surface area contributed by atoms with Crippen molar-refractivity contribution >= 4 is 28.3 Å². The lowest BCUT2D eigenvalue weighted by Gasteiger charge is -2.26. The number of nitrogens with one attached hydrogen (secondary N) is 1. The lowest BCUT2D eigenvalue weighted by Crippen LogP contribution is -2.35. The molecule has 3 rings (SSSR count). The van der Waals surface area contributed by atoms with Crippen LogP contribution in [0.5, 0.6) is 0 Å².